The largest absolute Gasteiger partial charge is 0.393 e. The molecule has 4 saturated carbocycles. The lowest BCUT2D eigenvalue weighted by Crippen LogP contribution is -2.51. The Morgan fingerprint density at radius 1 is 0.917 bits per heavy atom. The molecule has 0 heterocycles. The van der Waals surface area contributed by atoms with Crippen molar-refractivity contribution in [1.82, 2.24) is 0 Å². The van der Waals surface area contributed by atoms with Gasteiger partial charge in [-0.15, -0.1) is 0 Å². The van der Waals surface area contributed by atoms with E-state index >= 15 is 0 Å². The van der Waals surface area contributed by atoms with Crippen molar-refractivity contribution in [2.45, 2.75) is 77.5 Å². The SMILES string of the molecule is CC1CC(O)C2(C)CCC3C(CCC4CC(C(F)(F)F)CC[C@@H]43)C12. The van der Waals surface area contributed by atoms with Gasteiger partial charge >= 0.3 is 6.18 Å². The Kier molecular flexibility index (Phi) is 4.02. The fraction of sp³-hybridized carbons (Fsp3) is 1.00. The van der Waals surface area contributed by atoms with Gasteiger partial charge in [-0.05, 0) is 92.3 Å². The predicted octanol–water partition coefficient (Wildman–Crippen LogP) is 5.42. The molecule has 8 unspecified atom stereocenters. The Balaban J connectivity index is 1.53. The van der Waals surface area contributed by atoms with Gasteiger partial charge < -0.3 is 5.11 Å². The first kappa shape index (κ1) is 17.2. The highest BCUT2D eigenvalue weighted by atomic mass is 19.4. The Morgan fingerprint density at radius 3 is 2.33 bits per heavy atom. The molecule has 1 nitrogen and oxygen atoms in total. The van der Waals surface area contributed by atoms with Crippen molar-refractivity contribution in [1.29, 1.82) is 0 Å². The Morgan fingerprint density at radius 2 is 1.62 bits per heavy atom. The summed E-state index contributed by atoms with van der Waals surface area (Å²) in [5.41, 5.74) is 0.0522. The van der Waals surface area contributed by atoms with Crippen molar-refractivity contribution in [3.63, 3.8) is 0 Å². The number of aliphatic hydroxyl groups excluding tert-OH is 1. The molecule has 0 spiro atoms. The molecule has 0 saturated heterocycles. The maximum atomic E-state index is 13.1. The predicted molar refractivity (Wildman–Crippen MR) is 87.2 cm³/mol. The second-order valence-corrected chi connectivity index (χ2v) is 9.68. The number of aliphatic hydroxyl groups is 1. The van der Waals surface area contributed by atoms with Crippen LogP contribution >= 0.6 is 0 Å². The number of hydrogen-bond acceptors (Lipinski definition) is 1. The number of fused-ring (bicyclic) bond motifs is 5. The zero-order valence-electron chi connectivity index (χ0n) is 14.9. The van der Waals surface area contributed by atoms with Gasteiger partial charge in [0.15, 0.2) is 0 Å². The first-order chi connectivity index (χ1) is 11.2. The highest BCUT2D eigenvalue weighted by Crippen LogP contribution is 2.64. The van der Waals surface area contributed by atoms with E-state index in [-0.39, 0.29) is 17.4 Å². The highest BCUT2D eigenvalue weighted by molar-refractivity contribution is 5.08. The second-order valence-electron chi connectivity index (χ2n) is 9.68. The molecule has 138 valence electrons. The zero-order chi connectivity index (χ0) is 17.3. The van der Waals surface area contributed by atoms with Gasteiger partial charge in [-0.2, -0.15) is 13.2 Å². The van der Waals surface area contributed by atoms with E-state index in [2.05, 4.69) is 13.8 Å². The molecule has 0 aliphatic heterocycles. The lowest BCUT2D eigenvalue weighted by atomic mass is 9.49. The summed E-state index contributed by atoms with van der Waals surface area (Å²) >= 11 is 0. The molecule has 4 heteroatoms. The van der Waals surface area contributed by atoms with Crippen molar-refractivity contribution in [2.75, 3.05) is 0 Å². The van der Waals surface area contributed by atoms with Crippen LogP contribution in [0.5, 0.6) is 0 Å². The van der Waals surface area contributed by atoms with Crippen LogP contribution in [0.25, 0.3) is 0 Å². The third kappa shape index (κ3) is 2.46. The summed E-state index contributed by atoms with van der Waals surface area (Å²) in [6.07, 6.45) is 2.47. The number of halogens is 3. The molecule has 0 aromatic heterocycles. The maximum absolute atomic E-state index is 13.1. The minimum absolute atomic E-state index is 0.0522. The molecule has 4 fully saturated rings. The summed E-state index contributed by atoms with van der Waals surface area (Å²) in [5.74, 6) is 2.13. The fourth-order valence-corrected chi connectivity index (χ4v) is 7.65. The van der Waals surface area contributed by atoms with E-state index in [0.717, 1.165) is 38.5 Å². The van der Waals surface area contributed by atoms with Crippen molar-refractivity contribution in [3.05, 3.63) is 0 Å². The van der Waals surface area contributed by atoms with Gasteiger partial charge in [0.1, 0.15) is 0 Å². The quantitative estimate of drug-likeness (QED) is 0.622. The molecular weight excluding hydrogens is 313 g/mol. The third-order valence-corrected chi connectivity index (χ3v) is 8.68. The van der Waals surface area contributed by atoms with Crippen LogP contribution in [0.4, 0.5) is 13.2 Å². The van der Waals surface area contributed by atoms with Gasteiger partial charge in [-0.25, -0.2) is 0 Å². The van der Waals surface area contributed by atoms with Gasteiger partial charge in [0.2, 0.25) is 0 Å². The van der Waals surface area contributed by atoms with Crippen molar-refractivity contribution >= 4 is 0 Å². The minimum atomic E-state index is -4.00. The monoisotopic (exact) mass is 344 g/mol. The van der Waals surface area contributed by atoms with Crippen LogP contribution in [0.3, 0.4) is 0 Å². The van der Waals surface area contributed by atoms with E-state index in [0.29, 0.717) is 42.4 Å². The lowest BCUT2D eigenvalue weighted by Gasteiger charge is -2.56. The summed E-state index contributed by atoms with van der Waals surface area (Å²) in [7, 11) is 0. The summed E-state index contributed by atoms with van der Waals surface area (Å²) in [5, 5.41) is 10.6. The van der Waals surface area contributed by atoms with Gasteiger partial charge in [-0.3, -0.25) is 0 Å². The van der Waals surface area contributed by atoms with E-state index in [9.17, 15) is 18.3 Å². The molecule has 0 aromatic rings. The molecule has 24 heavy (non-hydrogen) atoms. The molecule has 0 radical (unpaired) electrons. The number of hydrogen-bond donors (Lipinski definition) is 1. The molecular formula is C20H31F3O. The van der Waals surface area contributed by atoms with Gasteiger partial charge in [0, 0.05) is 0 Å². The van der Waals surface area contributed by atoms with Crippen molar-refractivity contribution in [2.24, 2.45) is 46.8 Å². The number of alkyl halides is 3. The van der Waals surface area contributed by atoms with Gasteiger partial charge in [0.25, 0.3) is 0 Å². The van der Waals surface area contributed by atoms with Crippen molar-refractivity contribution < 1.29 is 18.3 Å². The molecule has 0 amide bonds. The summed E-state index contributed by atoms with van der Waals surface area (Å²) in [6.45, 7) is 4.56. The van der Waals surface area contributed by atoms with Gasteiger partial charge in [-0.1, -0.05) is 13.8 Å². The van der Waals surface area contributed by atoms with Crippen LogP contribution in [0.2, 0.25) is 0 Å². The molecule has 0 bridgehead atoms. The van der Waals surface area contributed by atoms with Crippen LogP contribution in [-0.4, -0.2) is 17.4 Å². The topological polar surface area (TPSA) is 20.2 Å². The highest BCUT2D eigenvalue weighted by Gasteiger charge is 2.59. The number of rotatable bonds is 0. The summed E-state index contributed by atoms with van der Waals surface area (Å²) in [4.78, 5) is 0. The first-order valence-electron chi connectivity index (χ1n) is 9.96. The minimum Gasteiger partial charge on any atom is -0.393 e. The molecule has 9 atom stereocenters. The maximum Gasteiger partial charge on any atom is 0.391 e. The third-order valence-electron chi connectivity index (χ3n) is 8.68. The fourth-order valence-electron chi connectivity index (χ4n) is 7.65. The Hall–Kier alpha value is -0.250. The van der Waals surface area contributed by atoms with Crippen LogP contribution in [0.15, 0.2) is 0 Å². The van der Waals surface area contributed by atoms with Crippen LogP contribution in [0.1, 0.15) is 65.2 Å². The average molecular weight is 344 g/mol. The summed E-state index contributed by atoms with van der Waals surface area (Å²) < 4.78 is 39.4. The Labute approximate surface area is 143 Å². The van der Waals surface area contributed by atoms with Crippen LogP contribution in [-0.2, 0) is 0 Å². The Bertz CT molecular complexity index is 490. The van der Waals surface area contributed by atoms with Crippen LogP contribution in [0, 0.1) is 46.8 Å². The van der Waals surface area contributed by atoms with E-state index in [1.807, 2.05) is 0 Å². The van der Waals surface area contributed by atoms with E-state index < -0.39 is 12.1 Å². The molecule has 4 aliphatic carbocycles. The normalized spacial score (nSPS) is 54.8. The van der Waals surface area contributed by atoms with E-state index in [1.165, 1.54) is 0 Å². The smallest absolute Gasteiger partial charge is 0.391 e. The zero-order valence-corrected chi connectivity index (χ0v) is 14.9. The second kappa shape index (κ2) is 5.62. The van der Waals surface area contributed by atoms with Crippen LogP contribution < -0.4 is 0 Å². The molecule has 4 rings (SSSR count). The lowest BCUT2D eigenvalue weighted by molar-refractivity contribution is -0.196. The average Bonchev–Trinajstić information content (AvgIpc) is 2.75. The van der Waals surface area contributed by atoms with E-state index in [4.69, 9.17) is 0 Å². The molecule has 4 aliphatic rings. The van der Waals surface area contributed by atoms with Crippen molar-refractivity contribution in [3.8, 4) is 0 Å². The molecule has 0 aromatic carbocycles. The van der Waals surface area contributed by atoms with Gasteiger partial charge in [0.05, 0.1) is 12.0 Å². The first-order valence-corrected chi connectivity index (χ1v) is 9.96. The summed E-state index contributed by atoms with van der Waals surface area (Å²) in [6, 6.07) is 0. The molecule has 1 N–H and O–H groups in total. The standard InChI is InChI=1S/C20H31F3O/c1-11-9-17(24)19(2)8-7-15-14-6-4-13(20(21,22)23)10-12(14)3-5-16(15)18(11)19/h11-18,24H,3-10H2,1-2H3/t11?,12?,13?,14-,15?,16?,17?,18?,19?/m0/s1. The van der Waals surface area contributed by atoms with E-state index in [1.54, 1.807) is 0 Å².